The summed E-state index contributed by atoms with van der Waals surface area (Å²) in [6.45, 7) is 1.92. The molecule has 0 spiro atoms. The summed E-state index contributed by atoms with van der Waals surface area (Å²) in [5.74, 6) is 0.404. The number of carbonyl (C=O) groups is 1. The number of hydrogen-bond donors (Lipinski definition) is 2. The van der Waals surface area contributed by atoms with Crippen molar-refractivity contribution < 1.29 is 12.4 Å². The van der Waals surface area contributed by atoms with Crippen LogP contribution in [0, 0.1) is 6.92 Å². The predicted octanol–water partition coefficient (Wildman–Crippen LogP) is 4.80. The molecule has 0 fully saturated rings. The van der Waals surface area contributed by atoms with Crippen LogP contribution in [0.15, 0.2) is 67.1 Å². The Morgan fingerprint density at radius 3 is 2.81 bits per heavy atom. The van der Waals surface area contributed by atoms with E-state index in [4.69, 9.17) is 4.74 Å². The van der Waals surface area contributed by atoms with Gasteiger partial charge in [-0.15, -0.1) is 0 Å². The van der Waals surface area contributed by atoms with Gasteiger partial charge in [-0.1, -0.05) is 12.1 Å². The van der Waals surface area contributed by atoms with Gasteiger partial charge in [0.15, 0.2) is 0 Å². The van der Waals surface area contributed by atoms with Crippen molar-refractivity contribution in [3.63, 3.8) is 0 Å². The van der Waals surface area contributed by atoms with Gasteiger partial charge in [0.1, 0.15) is 5.75 Å². The molecule has 2 heterocycles. The highest BCUT2D eigenvalue weighted by Gasteiger charge is 2.10. The number of aryl methyl sites for hydroxylation is 1. The standard InChI is InChI=1S/C20H16N4O2.2H2/c1-13-3-6-16(12-18(13)26-20-22-8-2-9-23-20)24-19(25)15-5-4-14-7-10-21-17(14)11-15;;/h2-12,21H,1H3,(H,24,25);2*1H. The number of nitrogens with zero attached hydrogens (tertiary/aromatic N) is 2. The molecule has 6 nitrogen and oxygen atoms in total. The predicted molar refractivity (Wildman–Crippen MR) is 104 cm³/mol. The molecule has 0 radical (unpaired) electrons. The fourth-order valence-corrected chi connectivity index (χ4v) is 2.62. The third kappa shape index (κ3) is 3.25. The van der Waals surface area contributed by atoms with Crippen molar-refractivity contribution in [1.82, 2.24) is 15.0 Å². The summed E-state index contributed by atoms with van der Waals surface area (Å²) in [4.78, 5) is 23.8. The number of aromatic amines is 1. The molecule has 2 aromatic carbocycles. The third-order valence-corrected chi connectivity index (χ3v) is 4.01. The van der Waals surface area contributed by atoms with Gasteiger partial charge in [0.25, 0.3) is 5.91 Å². The summed E-state index contributed by atoms with van der Waals surface area (Å²) in [5.41, 5.74) is 3.06. The van der Waals surface area contributed by atoms with Crippen LogP contribution in [0.4, 0.5) is 5.69 Å². The van der Waals surface area contributed by atoms with E-state index in [1.807, 2.05) is 43.5 Å². The number of benzene rings is 2. The Labute approximate surface area is 152 Å². The molecule has 0 aliphatic carbocycles. The van der Waals surface area contributed by atoms with Crippen LogP contribution in [-0.2, 0) is 0 Å². The van der Waals surface area contributed by atoms with Crippen molar-refractivity contribution in [3.8, 4) is 11.8 Å². The number of nitrogens with one attached hydrogen (secondary N) is 2. The smallest absolute Gasteiger partial charge is 0.321 e. The number of ether oxygens (including phenoxy) is 1. The normalized spacial score (nSPS) is 10.7. The minimum atomic E-state index is -0.188. The largest absolute Gasteiger partial charge is 0.424 e. The first-order valence-corrected chi connectivity index (χ1v) is 8.13. The lowest BCUT2D eigenvalue weighted by atomic mass is 10.1. The van der Waals surface area contributed by atoms with Crippen LogP contribution in [0.5, 0.6) is 11.8 Å². The van der Waals surface area contributed by atoms with E-state index < -0.39 is 0 Å². The van der Waals surface area contributed by atoms with Crippen LogP contribution in [0.25, 0.3) is 10.9 Å². The molecule has 2 aromatic heterocycles. The van der Waals surface area contributed by atoms with E-state index in [1.54, 1.807) is 30.6 Å². The average molecular weight is 348 g/mol. The molecule has 0 unspecified atom stereocenters. The summed E-state index contributed by atoms with van der Waals surface area (Å²) in [6, 6.07) is 15.0. The minimum absolute atomic E-state index is 0. The Morgan fingerprint density at radius 1 is 1.12 bits per heavy atom. The first kappa shape index (κ1) is 15.8. The van der Waals surface area contributed by atoms with Crippen molar-refractivity contribution in [3.05, 3.63) is 78.2 Å². The highest BCUT2D eigenvalue weighted by molar-refractivity contribution is 6.06. The first-order chi connectivity index (χ1) is 12.7. The lowest BCUT2D eigenvalue weighted by Crippen LogP contribution is -2.11. The summed E-state index contributed by atoms with van der Waals surface area (Å²) >= 11 is 0. The molecule has 6 heteroatoms. The number of H-pyrrole nitrogens is 1. The number of amides is 1. The molecule has 4 rings (SSSR count). The summed E-state index contributed by atoms with van der Waals surface area (Å²) < 4.78 is 5.71. The Morgan fingerprint density at radius 2 is 1.96 bits per heavy atom. The van der Waals surface area contributed by atoms with Gasteiger partial charge >= 0.3 is 6.01 Å². The number of anilines is 1. The Balaban J connectivity index is 0.00000140. The number of carbonyl (C=O) groups excluding carboxylic acids is 1. The molecule has 2 N–H and O–H groups in total. The van der Waals surface area contributed by atoms with E-state index in [2.05, 4.69) is 20.3 Å². The zero-order chi connectivity index (χ0) is 17.9. The Hall–Kier alpha value is -3.67. The second-order valence-electron chi connectivity index (χ2n) is 5.85. The molecule has 0 bridgehead atoms. The number of fused-ring (bicyclic) bond motifs is 1. The Bertz CT molecular complexity index is 1080. The average Bonchev–Trinajstić information content (AvgIpc) is 3.13. The lowest BCUT2D eigenvalue weighted by Gasteiger charge is -2.10. The summed E-state index contributed by atoms with van der Waals surface area (Å²) in [6.07, 6.45) is 5.07. The van der Waals surface area contributed by atoms with Crippen LogP contribution < -0.4 is 10.1 Å². The fourth-order valence-electron chi connectivity index (χ4n) is 2.62. The SMILES string of the molecule is Cc1ccc(NC(=O)c2ccc3cc[nH]c3c2)cc1Oc1ncccn1.[HH].[HH]. The maximum absolute atomic E-state index is 12.5. The van der Waals surface area contributed by atoms with Gasteiger partial charge in [-0.3, -0.25) is 4.79 Å². The van der Waals surface area contributed by atoms with Gasteiger partial charge in [0, 0.05) is 44.3 Å². The molecule has 0 atom stereocenters. The van der Waals surface area contributed by atoms with Gasteiger partial charge in [-0.2, -0.15) is 0 Å². The fraction of sp³-hybridized carbons (Fsp3) is 0.0500. The molecule has 26 heavy (non-hydrogen) atoms. The van der Waals surface area contributed by atoms with Gasteiger partial charge in [0.2, 0.25) is 0 Å². The molecule has 4 aromatic rings. The lowest BCUT2D eigenvalue weighted by molar-refractivity contribution is 0.102. The van der Waals surface area contributed by atoms with E-state index in [-0.39, 0.29) is 14.8 Å². The van der Waals surface area contributed by atoms with Crippen LogP contribution in [0.1, 0.15) is 18.8 Å². The first-order valence-electron chi connectivity index (χ1n) is 8.13. The van der Waals surface area contributed by atoms with E-state index in [9.17, 15) is 4.79 Å². The highest BCUT2D eigenvalue weighted by Crippen LogP contribution is 2.26. The van der Waals surface area contributed by atoms with Crippen LogP contribution in [0.2, 0.25) is 0 Å². The van der Waals surface area contributed by atoms with Crippen molar-refractivity contribution >= 4 is 22.5 Å². The topological polar surface area (TPSA) is 79.9 Å². The summed E-state index contributed by atoms with van der Waals surface area (Å²) in [7, 11) is 0. The monoisotopic (exact) mass is 348 g/mol. The van der Waals surface area contributed by atoms with Gasteiger partial charge in [-0.25, -0.2) is 9.97 Å². The van der Waals surface area contributed by atoms with Crippen molar-refractivity contribution in [1.29, 1.82) is 0 Å². The number of aromatic nitrogens is 3. The molecular formula is C20H20N4O2. The molecule has 0 aliphatic heterocycles. The molecule has 1 amide bonds. The Kier molecular flexibility index (Phi) is 4.07. The van der Waals surface area contributed by atoms with Gasteiger partial charge in [-0.05, 0) is 48.2 Å². The molecule has 0 aliphatic rings. The van der Waals surface area contributed by atoms with Crippen LogP contribution in [-0.4, -0.2) is 20.9 Å². The number of hydrogen-bond acceptors (Lipinski definition) is 4. The van der Waals surface area contributed by atoms with Gasteiger partial charge in [0.05, 0.1) is 0 Å². The molecule has 0 saturated heterocycles. The zero-order valence-electron chi connectivity index (χ0n) is 14.1. The van der Waals surface area contributed by atoms with E-state index in [0.717, 1.165) is 16.5 Å². The maximum atomic E-state index is 12.5. The number of rotatable bonds is 4. The zero-order valence-corrected chi connectivity index (χ0v) is 14.1. The minimum Gasteiger partial charge on any atom is -0.424 e. The van der Waals surface area contributed by atoms with Crippen molar-refractivity contribution in [2.45, 2.75) is 6.92 Å². The highest BCUT2D eigenvalue weighted by atomic mass is 16.5. The second kappa shape index (κ2) is 6.68. The maximum Gasteiger partial charge on any atom is 0.321 e. The van der Waals surface area contributed by atoms with Crippen molar-refractivity contribution in [2.24, 2.45) is 0 Å². The van der Waals surface area contributed by atoms with E-state index in [0.29, 0.717) is 17.0 Å². The second-order valence-corrected chi connectivity index (χ2v) is 5.85. The van der Waals surface area contributed by atoms with E-state index >= 15 is 0 Å². The quantitative estimate of drug-likeness (QED) is 0.555. The van der Waals surface area contributed by atoms with Gasteiger partial charge < -0.3 is 15.0 Å². The van der Waals surface area contributed by atoms with Crippen LogP contribution in [0.3, 0.4) is 0 Å². The van der Waals surface area contributed by atoms with Crippen LogP contribution >= 0.6 is 0 Å². The van der Waals surface area contributed by atoms with Crippen molar-refractivity contribution in [2.75, 3.05) is 5.32 Å². The molecule has 132 valence electrons. The summed E-state index contributed by atoms with van der Waals surface area (Å²) in [5, 5.41) is 3.96. The molecule has 0 saturated carbocycles. The molecular weight excluding hydrogens is 328 g/mol. The third-order valence-electron chi connectivity index (χ3n) is 4.01. The van der Waals surface area contributed by atoms with E-state index in [1.165, 1.54) is 0 Å².